The van der Waals surface area contributed by atoms with Gasteiger partial charge in [-0.3, -0.25) is 14.7 Å². The van der Waals surface area contributed by atoms with Gasteiger partial charge in [-0.2, -0.15) is 5.10 Å². The van der Waals surface area contributed by atoms with E-state index in [0.29, 0.717) is 22.7 Å². The van der Waals surface area contributed by atoms with Crippen molar-refractivity contribution in [3.05, 3.63) is 48.0 Å². The fourth-order valence-corrected chi connectivity index (χ4v) is 3.74. The van der Waals surface area contributed by atoms with Crippen LogP contribution in [-0.4, -0.2) is 50.6 Å². The molecule has 10 heteroatoms. The summed E-state index contributed by atoms with van der Waals surface area (Å²) in [4.78, 5) is 42.2. The third-order valence-electron chi connectivity index (χ3n) is 5.89. The molecule has 204 valence electrons. The van der Waals surface area contributed by atoms with Crippen molar-refractivity contribution in [1.29, 1.82) is 0 Å². The van der Waals surface area contributed by atoms with Gasteiger partial charge in [0.05, 0.1) is 11.9 Å². The van der Waals surface area contributed by atoms with Crippen LogP contribution < -0.4 is 10.6 Å². The second kappa shape index (κ2) is 12.1. The maximum atomic E-state index is 12.9. The Morgan fingerprint density at radius 3 is 2.34 bits per heavy atom. The highest BCUT2D eigenvalue weighted by Crippen LogP contribution is 2.26. The third-order valence-corrected chi connectivity index (χ3v) is 5.89. The largest absolute Gasteiger partial charge is 0.458 e. The van der Waals surface area contributed by atoms with Crippen molar-refractivity contribution in [3.63, 3.8) is 0 Å². The molecule has 3 aromatic rings. The van der Waals surface area contributed by atoms with E-state index < -0.39 is 23.5 Å². The van der Waals surface area contributed by atoms with Gasteiger partial charge in [0.25, 0.3) is 11.8 Å². The van der Waals surface area contributed by atoms with Crippen LogP contribution in [0.25, 0.3) is 22.7 Å². The SMILES string of the molecule is CCC(CC)NC(=O)c1cnc(-c2cccc(-c3cc(C(=O)N[C@H](C(=O)OC(C)(C)C)C(C)C)[nH]n3)c2)o1. The van der Waals surface area contributed by atoms with Crippen LogP contribution in [0.4, 0.5) is 0 Å². The van der Waals surface area contributed by atoms with Crippen LogP contribution in [0, 0.1) is 5.92 Å². The molecule has 2 aromatic heterocycles. The first-order chi connectivity index (χ1) is 17.9. The van der Waals surface area contributed by atoms with Crippen LogP contribution in [0.1, 0.15) is 82.4 Å². The van der Waals surface area contributed by atoms with Crippen molar-refractivity contribution in [1.82, 2.24) is 25.8 Å². The molecule has 0 aliphatic rings. The number of nitrogens with zero attached hydrogens (tertiary/aromatic N) is 2. The normalized spacial score (nSPS) is 12.4. The molecule has 2 heterocycles. The summed E-state index contributed by atoms with van der Waals surface area (Å²) in [7, 11) is 0. The van der Waals surface area contributed by atoms with Crippen LogP contribution in [0.5, 0.6) is 0 Å². The average Bonchev–Trinajstić information content (AvgIpc) is 3.55. The minimum absolute atomic E-state index is 0.0744. The van der Waals surface area contributed by atoms with Crippen molar-refractivity contribution >= 4 is 17.8 Å². The molecule has 0 spiro atoms. The molecule has 0 saturated heterocycles. The molecule has 0 radical (unpaired) electrons. The molecule has 3 N–H and O–H groups in total. The summed E-state index contributed by atoms with van der Waals surface area (Å²) in [6.45, 7) is 13.0. The lowest BCUT2D eigenvalue weighted by atomic mass is 10.0. The number of aromatic nitrogens is 3. The lowest BCUT2D eigenvalue weighted by Crippen LogP contribution is -2.47. The van der Waals surface area contributed by atoms with Crippen LogP contribution in [0.2, 0.25) is 0 Å². The lowest BCUT2D eigenvalue weighted by molar-refractivity contribution is -0.158. The van der Waals surface area contributed by atoms with Crippen molar-refractivity contribution in [2.45, 2.75) is 79.0 Å². The Kier molecular flexibility index (Phi) is 9.08. The molecule has 0 saturated carbocycles. The molecule has 0 fully saturated rings. The minimum Gasteiger partial charge on any atom is -0.458 e. The van der Waals surface area contributed by atoms with E-state index in [9.17, 15) is 14.4 Å². The van der Waals surface area contributed by atoms with Crippen molar-refractivity contribution in [2.75, 3.05) is 0 Å². The van der Waals surface area contributed by atoms with E-state index in [1.165, 1.54) is 6.20 Å². The maximum absolute atomic E-state index is 12.9. The van der Waals surface area contributed by atoms with Crippen molar-refractivity contribution < 1.29 is 23.5 Å². The number of oxazole rings is 1. The molecule has 0 aliphatic heterocycles. The highest BCUT2D eigenvalue weighted by atomic mass is 16.6. The van der Waals surface area contributed by atoms with Crippen molar-refractivity contribution in [2.24, 2.45) is 5.92 Å². The van der Waals surface area contributed by atoms with Crippen LogP contribution in [0.3, 0.4) is 0 Å². The Balaban J connectivity index is 1.74. The summed E-state index contributed by atoms with van der Waals surface area (Å²) in [6, 6.07) is 8.14. The third kappa shape index (κ3) is 7.30. The van der Waals surface area contributed by atoms with E-state index in [1.54, 1.807) is 26.8 Å². The topological polar surface area (TPSA) is 139 Å². The zero-order valence-electron chi connectivity index (χ0n) is 23.0. The number of esters is 1. The van der Waals surface area contributed by atoms with Gasteiger partial charge in [0.2, 0.25) is 11.7 Å². The first-order valence-electron chi connectivity index (χ1n) is 12.9. The monoisotopic (exact) mass is 523 g/mol. The van der Waals surface area contributed by atoms with Crippen LogP contribution in [-0.2, 0) is 9.53 Å². The zero-order valence-corrected chi connectivity index (χ0v) is 23.0. The quantitative estimate of drug-likeness (QED) is 0.326. The fraction of sp³-hybridized carbons (Fsp3) is 0.464. The number of carbonyl (C=O) groups excluding carboxylic acids is 3. The molecule has 0 unspecified atom stereocenters. The molecule has 0 bridgehead atoms. The van der Waals surface area contributed by atoms with Crippen LogP contribution in [0.15, 0.2) is 40.9 Å². The maximum Gasteiger partial charge on any atom is 0.329 e. The van der Waals surface area contributed by atoms with E-state index in [1.807, 2.05) is 52.0 Å². The lowest BCUT2D eigenvalue weighted by Gasteiger charge is -2.26. The first kappa shape index (κ1) is 28.6. The van der Waals surface area contributed by atoms with Gasteiger partial charge in [0, 0.05) is 17.2 Å². The Morgan fingerprint density at radius 1 is 1.03 bits per heavy atom. The second-order valence-electron chi connectivity index (χ2n) is 10.5. The predicted molar refractivity (Wildman–Crippen MR) is 143 cm³/mol. The van der Waals surface area contributed by atoms with Gasteiger partial charge in [-0.05, 0) is 57.7 Å². The highest BCUT2D eigenvalue weighted by molar-refractivity contribution is 5.96. The average molecular weight is 524 g/mol. The number of amides is 2. The molecule has 3 rings (SSSR count). The molecular weight excluding hydrogens is 486 g/mol. The number of hydrogen-bond acceptors (Lipinski definition) is 7. The van der Waals surface area contributed by atoms with Gasteiger partial charge in [0.15, 0.2) is 0 Å². The van der Waals surface area contributed by atoms with Crippen molar-refractivity contribution in [3.8, 4) is 22.7 Å². The molecule has 1 atom stereocenters. The number of rotatable bonds is 10. The summed E-state index contributed by atoms with van der Waals surface area (Å²) in [5.74, 6) is -0.997. The van der Waals surface area contributed by atoms with E-state index in [4.69, 9.17) is 9.15 Å². The fourth-order valence-electron chi connectivity index (χ4n) is 3.74. The van der Waals surface area contributed by atoms with Gasteiger partial charge in [-0.25, -0.2) is 9.78 Å². The minimum atomic E-state index is -0.807. The van der Waals surface area contributed by atoms with E-state index in [-0.39, 0.29) is 29.3 Å². The van der Waals surface area contributed by atoms with Gasteiger partial charge < -0.3 is 19.8 Å². The Bertz CT molecular complexity index is 1270. The Labute approximate surface area is 222 Å². The highest BCUT2D eigenvalue weighted by Gasteiger charge is 2.30. The van der Waals surface area contributed by atoms with Gasteiger partial charge >= 0.3 is 5.97 Å². The number of benzene rings is 1. The van der Waals surface area contributed by atoms with Gasteiger partial charge in [-0.15, -0.1) is 0 Å². The summed E-state index contributed by atoms with van der Waals surface area (Å²) in [5, 5.41) is 12.7. The number of aromatic amines is 1. The molecule has 2 amide bonds. The summed E-state index contributed by atoms with van der Waals surface area (Å²) in [6.07, 6.45) is 3.06. The Hall–Kier alpha value is -3.95. The standard InChI is InChI=1S/C28H37N5O5/c1-8-19(9-2)30-25(35)22-15-29-26(37-22)18-12-10-11-17(13-18)20-14-21(33-32-20)24(34)31-23(16(3)4)27(36)38-28(5,6)7/h10-16,19,23H,8-9H2,1-7H3,(H,30,35)(H,31,34)(H,32,33)/t23-/m0/s1. The number of ether oxygens (including phenoxy) is 1. The predicted octanol–water partition coefficient (Wildman–Crippen LogP) is 4.75. The van der Waals surface area contributed by atoms with E-state index >= 15 is 0 Å². The molecule has 1 aromatic carbocycles. The van der Waals surface area contributed by atoms with Gasteiger partial charge in [0.1, 0.15) is 17.3 Å². The zero-order chi connectivity index (χ0) is 28.0. The molecule has 0 aliphatic carbocycles. The Morgan fingerprint density at radius 2 is 1.71 bits per heavy atom. The number of nitrogens with one attached hydrogen (secondary N) is 3. The van der Waals surface area contributed by atoms with E-state index in [0.717, 1.165) is 12.8 Å². The number of H-pyrrole nitrogens is 1. The number of carbonyl (C=O) groups is 3. The summed E-state index contributed by atoms with van der Waals surface area (Å²) < 4.78 is 11.2. The summed E-state index contributed by atoms with van der Waals surface area (Å²) >= 11 is 0. The second-order valence-corrected chi connectivity index (χ2v) is 10.5. The molecule has 38 heavy (non-hydrogen) atoms. The molecular formula is C28H37N5O5. The first-order valence-corrected chi connectivity index (χ1v) is 12.9. The summed E-state index contributed by atoms with van der Waals surface area (Å²) in [5.41, 5.74) is 1.43. The number of hydrogen-bond donors (Lipinski definition) is 3. The van der Waals surface area contributed by atoms with Crippen LogP contribution >= 0.6 is 0 Å². The smallest absolute Gasteiger partial charge is 0.329 e. The molecule has 10 nitrogen and oxygen atoms in total. The van der Waals surface area contributed by atoms with E-state index in [2.05, 4.69) is 25.8 Å². The van der Waals surface area contributed by atoms with Gasteiger partial charge in [-0.1, -0.05) is 39.8 Å².